The smallest absolute Gasteiger partial charge is 0.0468 e. The SMILES string of the molecule is CC1(c2ccc(-c3ccccc3)cc2)c2cc(-c3ccc(N(c4ccccc4)c4ccc(-c5ccccc5)cc4)cc3-c3ccccc3)ccc2-c2c(-c3ccccc3)cccc21. The highest BCUT2D eigenvalue weighted by molar-refractivity contribution is 5.96. The van der Waals surface area contributed by atoms with Gasteiger partial charge >= 0.3 is 0 Å². The van der Waals surface area contributed by atoms with Crippen molar-refractivity contribution in [1.29, 1.82) is 0 Å². The Morgan fingerprint density at radius 2 is 0.714 bits per heavy atom. The van der Waals surface area contributed by atoms with Crippen molar-refractivity contribution in [2.45, 2.75) is 12.3 Å². The molecule has 0 aromatic heterocycles. The zero-order valence-electron chi connectivity index (χ0n) is 35.2. The maximum Gasteiger partial charge on any atom is 0.0468 e. The molecular formula is C62H45N. The number of hydrogen-bond donors (Lipinski definition) is 0. The molecular weight excluding hydrogens is 759 g/mol. The Labute approximate surface area is 370 Å². The molecule has 1 unspecified atom stereocenters. The summed E-state index contributed by atoms with van der Waals surface area (Å²) in [5.74, 6) is 0. The predicted octanol–water partition coefficient (Wildman–Crippen LogP) is 16.8. The second-order valence-corrected chi connectivity index (χ2v) is 16.6. The van der Waals surface area contributed by atoms with Gasteiger partial charge in [-0.1, -0.05) is 212 Å². The molecule has 10 aromatic rings. The number of para-hydroxylation sites is 1. The van der Waals surface area contributed by atoms with Crippen LogP contribution in [0.4, 0.5) is 17.1 Å². The maximum absolute atomic E-state index is 2.48. The van der Waals surface area contributed by atoms with Gasteiger partial charge in [-0.2, -0.15) is 0 Å². The number of benzene rings is 10. The Morgan fingerprint density at radius 3 is 1.30 bits per heavy atom. The summed E-state index contributed by atoms with van der Waals surface area (Å²) in [4.78, 5) is 2.37. The van der Waals surface area contributed by atoms with Gasteiger partial charge in [0.15, 0.2) is 0 Å². The summed E-state index contributed by atoms with van der Waals surface area (Å²) >= 11 is 0. The highest BCUT2D eigenvalue weighted by Crippen LogP contribution is 2.56. The van der Waals surface area contributed by atoms with Crippen molar-refractivity contribution in [3.8, 4) is 66.8 Å². The van der Waals surface area contributed by atoms with E-state index < -0.39 is 5.41 Å². The first-order valence-electron chi connectivity index (χ1n) is 21.8. The lowest BCUT2D eigenvalue weighted by atomic mass is 9.73. The van der Waals surface area contributed by atoms with E-state index in [4.69, 9.17) is 0 Å². The zero-order valence-corrected chi connectivity index (χ0v) is 35.2. The molecule has 11 rings (SSSR count). The molecule has 0 radical (unpaired) electrons. The molecule has 0 fully saturated rings. The molecule has 0 N–H and O–H groups in total. The monoisotopic (exact) mass is 803 g/mol. The number of fused-ring (bicyclic) bond motifs is 3. The van der Waals surface area contributed by atoms with Crippen molar-refractivity contribution in [3.05, 3.63) is 271 Å². The highest BCUT2D eigenvalue weighted by Gasteiger charge is 2.42. The fraction of sp³-hybridized carbons (Fsp3) is 0.0323. The first-order chi connectivity index (χ1) is 31.1. The third-order valence-electron chi connectivity index (χ3n) is 13.0. The highest BCUT2D eigenvalue weighted by atomic mass is 15.1. The van der Waals surface area contributed by atoms with Gasteiger partial charge in [0.05, 0.1) is 0 Å². The van der Waals surface area contributed by atoms with Gasteiger partial charge in [-0.25, -0.2) is 0 Å². The summed E-state index contributed by atoms with van der Waals surface area (Å²) in [7, 11) is 0. The molecule has 0 saturated heterocycles. The number of hydrogen-bond acceptors (Lipinski definition) is 1. The van der Waals surface area contributed by atoms with Crippen LogP contribution in [0, 0.1) is 0 Å². The first kappa shape index (κ1) is 38.0. The summed E-state index contributed by atoms with van der Waals surface area (Å²) in [6.45, 7) is 2.43. The van der Waals surface area contributed by atoms with E-state index >= 15 is 0 Å². The van der Waals surface area contributed by atoms with E-state index in [2.05, 4.69) is 267 Å². The Bertz CT molecular complexity index is 3180. The molecule has 63 heavy (non-hydrogen) atoms. The van der Waals surface area contributed by atoms with Crippen LogP contribution in [0.5, 0.6) is 0 Å². The van der Waals surface area contributed by atoms with Gasteiger partial charge in [-0.05, 0) is 133 Å². The normalized spacial score (nSPS) is 13.9. The van der Waals surface area contributed by atoms with Crippen LogP contribution in [-0.2, 0) is 5.41 Å². The Hall–Kier alpha value is -8.00. The Balaban J connectivity index is 1.08. The number of rotatable bonds is 9. The van der Waals surface area contributed by atoms with E-state index in [0.717, 1.165) is 17.1 Å². The second-order valence-electron chi connectivity index (χ2n) is 16.6. The van der Waals surface area contributed by atoms with Crippen LogP contribution in [0.3, 0.4) is 0 Å². The molecule has 10 aromatic carbocycles. The fourth-order valence-corrected chi connectivity index (χ4v) is 9.78. The van der Waals surface area contributed by atoms with Gasteiger partial charge in [-0.15, -0.1) is 0 Å². The van der Waals surface area contributed by atoms with Crippen LogP contribution >= 0.6 is 0 Å². The molecule has 0 bridgehead atoms. The lowest BCUT2D eigenvalue weighted by Gasteiger charge is -2.29. The standard InChI is InChI=1S/C62H45N/c1-62(51-35-30-46(31-36-51)44-18-7-2-8-19-44)59-29-17-28-56(48-22-11-4-12-23-48)61(59)57-40-34-50(42-60(57)62)55-41-39-54(43-58(55)49-24-13-5-14-25-49)63(52-26-15-6-16-27-52)53-37-32-47(33-38-53)45-20-9-3-10-21-45/h2-43H,1H3. The second kappa shape index (κ2) is 16.1. The van der Waals surface area contributed by atoms with E-state index in [-0.39, 0.29) is 0 Å². The quantitative estimate of drug-likeness (QED) is 0.140. The first-order valence-corrected chi connectivity index (χ1v) is 21.8. The van der Waals surface area contributed by atoms with E-state index in [0.29, 0.717) is 0 Å². The topological polar surface area (TPSA) is 3.24 Å². The van der Waals surface area contributed by atoms with Crippen LogP contribution in [0.1, 0.15) is 23.6 Å². The summed E-state index contributed by atoms with van der Waals surface area (Å²) < 4.78 is 0. The summed E-state index contributed by atoms with van der Waals surface area (Å²) in [5.41, 5.74) is 21.5. The van der Waals surface area contributed by atoms with Crippen molar-refractivity contribution in [2.24, 2.45) is 0 Å². The molecule has 0 spiro atoms. The summed E-state index contributed by atoms with van der Waals surface area (Å²) in [6, 6.07) is 92.9. The molecule has 1 nitrogen and oxygen atoms in total. The van der Waals surface area contributed by atoms with Gasteiger partial charge in [0, 0.05) is 22.5 Å². The van der Waals surface area contributed by atoms with E-state index in [1.807, 2.05) is 0 Å². The minimum absolute atomic E-state index is 0.399. The van der Waals surface area contributed by atoms with Crippen molar-refractivity contribution >= 4 is 17.1 Å². The Morgan fingerprint density at radius 1 is 0.270 bits per heavy atom. The van der Waals surface area contributed by atoms with Crippen LogP contribution in [0.25, 0.3) is 66.8 Å². The molecule has 0 amide bonds. The molecule has 0 saturated carbocycles. The van der Waals surface area contributed by atoms with Crippen molar-refractivity contribution in [1.82, 2.24) is 0 Å². The van der Waals surface area contributed by atoms with Gasteiger partial charge in [0.25, 0.3) is 0 Å². The molecule has 1 aliphatic rings. The number of anilines is 3. The van der Waals surface area contributed by atoms with E-state index in [1.54, 1.807) is 0 Å². The average molecular weight is 804 g/mol. The molecule has 1 aliphatic carbocycles. The van der Waals surface area contributed by atoms with Gasteiger partial charge < -0.3 is 4.90 Å². The van der Waals surface area contributed by atoms with E-state index in [9.17, 15) is 0 Å². The van der Waals surface area contributed by atoms with Crippen molar-refractivity contribution < 1.29 is 0 Å². The summed E-state index contributed by atoms with van der Waals surface area (Å²) in [5, 5.41) is 0. The average Bonchev–Trinajstić information content (AvgIpc) is 3.63. The summed E-state index contributed by atoms with van der Waals surface area (Å²) in [6.07, 6.45) is 0. The minimum Gasteiger partial charge on any atom is -0.310 e. The Kier molecular flexibility index (Phi) is 9.71. The molecule has 1 heteroatoms. The van der Waals surface area contributed by atoms with Crippen LogP contribution in [0.15, 0.2) is 255 Å². The molecule has 298 valence electrons. The molecule has 0 aliphatic heterocycles. The van der Waals surface area contributed by atoms with Gasteiger partial charge in [0.1, 0.15) is 0 Å². The van der Waals surface area contributed by atoms with Gasteiger partial charge in [0.2, 0.25) is 0 Å². The van der Waals surface area contributed by atoms with Crippen molar-refractivity contribution in [2.75, 3.05) is 4.90 Å². The van der Waals surface area contributed by atoms with Crippen LogP contribution in [-0.4, -0.2) is 0 Å². The lowest BCUT2D eigenvalue weighted by molar-refractivity contribution is 0.714. The maximum atomic E-state index is 2.48. The largest absolute Gasteiger partial charge is 0.310 e. The van der Waals surface area contributed by atoms with Crippen LogP contribution in [0.2, 0.25) is 0 Å². The van der Waals surface area contributed by atoms with Crippen molar-refractivity contribution in [3.63, 3.8) is 0 Å². The lowest BCUT2D eigenvalue weighted by Crippen LogP contribution is -2.22. The fourth-order valence-electron chi connectivity index (χ4n) is 9.78. The molecule has 1 atom stereocenters. The third-order valence-corrected chi connectivity index (χ3v) is 13.0. The number of nitrogens with zero attached hydrogens (tertiary/aromatic N) is 1. The van der Waals surface area contributed by atoms with Crippen LogP contribution < -0.4 is 4.90 Å². The zero-order chi connectivity index (χ0) is 42.2. The predicted molar refractivity (Wildman–Crippen MR) is 266 cm³/mol. The molecule has 0 heterocycles. The van der Waals surface area contributed by atoms with Gasteiger partial charge in [-0.3, -0.25) is 0 Å². The van der Waals surface area contributed by atoms with E-state index in [1.165, 1.54) is 83.5 Å². The third kappa shape index (κ3) is 6.85. The minimum atomic E-state index is -0.399.